The summed E-state index contributed by atoms with van der Waals surface area (Å²) in [4.78, 5) is 29.0. The second-order valence-electron chi connectivity index (χ2n) is 4.55. The van der Waals surface area contributed by atoms with Gasteiger partial charge in [-0.3, -0.25) is 14.5 Å². The highest BCUT2D eigenvalue weighted by Gasteiger charge is 2.30. The Morgan fingerprint density at radius 1 is 1.28 bits per heavy atom. The maximum atomic E-state index is 11.7. The number of thiazole rings is 1. The third-order valence-electron chi connectivity index (χ3n) is 3.29. The summed E-state index contributed by atoms with van der Waals surface area (Å²) in [6.07, 6.45) is 0.00787. The number of hydrogen-bond acceptors (Lipinski definition) is 4. The summed E-state index contributed by atoms with van der Waals surface area (Å²) in [5.41, 5.74) is 3.25. The van der Waals surface area contributed by atoms with Crippen LogP contribution in [0.5, 0.6) is 0 Å². The van der Waals surface area contributed by atoms with E-state index in [0.29, 0.717) is 5.13 Å². The Kier molecular flexibility index (Phi) is 2.45. The first kappa shape index (κ1) is 11.3. The third-order valence-corrected chi connectivity index (χ3v) is 4.33. The normalized spacial score (nSPS) is 16.0. The van der Waals surface area contributed by atoms with Crippen molar-refractivity contribution in [2.45, 2.75) is 20.3 Å². The van der Waals surface area contributed by atoms with Gasteiger partial charge in [-0.2, -0.15) is 0 Å². The van der Waals surface area contributed by atoms with Gasteiger partial charge in [0.1, 0.15) is 0 Å². The van der Waals surface area contributed by atoms with Gasteiger partial charge in [-0.05, 0) is 31.0 Å². The van der Waals surface area contributed by atoms with E-state index in [1.807, 2.05) is 19.9 Å². The summed E-state index contributed by atoms with van der Waals surface area (Å²) in [5, 5.41) is 0.634. The van der Waals surface area contributed by atoms with Crippen LogP contribution in [0.3, 0.4) is 0 Å². The summed E-state index contributed by atoms with van der Waals surface area (Å²) in [5.74, 6) is -0.180. The lowest BCUT2D eigenvalue weighted by atomic mass is 10.1. The zero-order valence-corrected chi connectivity index (χ0v) is 11.0. The Labute approximate surface area is 108 Å². The summed E-state index contributed by atoms with van der Waals surface area (Å²) < 4.78 is 1.06. The summed E-state index contributed by atoms with van der Waals surface area (Å²) in [6.45, 7) is 4.23. The van der Waals surface area contributed by atoms with Crippen LogP contribution in [0.15, 0.2) is 12.1 Å². The highest BCUT2D eigenvalue weighted by molar-refractivity contribution is 7.22. The van der Waals surface area contributed by atoms with Crippen molar-refractivity contribution in [3.05, 3.63) is 23.3 Å². The number of benzene rings is 1. The smallest absolute Gasteiger partial charge is 0.236 e. The maximum absolute atomic E-state index is 11.7. The number of amides is 1. The maximum Gasteiger partial charge on any atom is 0.236 e. The minimum atomic E-state index is -0.145. The molecule has 2 heterocycles. The summed E-state index contributed by atoms with van der Waals surface area (Å²) >= 11 is 1.46. The molecule has 0 radical (unpaired) electrons. The van der Waals surface area contributed by atoms with Gasteiger partial charge in [0.15, 0.2) is 10.9 Å². The largest absolute Gasteiger partial charge is 0.297 e. The van der Waals surface area contributed by atoms with E-state index in [-0.39, 0.29) is 24.7 Å². The van der Waals surface area contributed by atoms with Gasteiger partial charge < -0.3 is 0 Å². The molecule has 18 heavy (non-hydrogen) atoms. The first-order valence-corrected chi connectivity index (χ1v) is 6.56. The van der Waals surface area contributed by atoms with Crippen LogP contribution in [0.2, 0.25) is 0 Å². The van der Waals surface area contributed by atoms with E-state index in [1.54, 1.807) is 0 Å². The number of carbonyl (C=O) groups is 2. The van der Waals surface area contributed by atoms with Gasteiger partial charge in [0.05, 0.1) is 23.2 Å². The molecule has 0 saturated carbocycles. The van der Waals surface area contributed by atoms with Crippen LogP contribution < -0.4 is 4.90 Å². The number of fused-ring (bicyclic) bond motifs is 1. The van der Waals surface area contributed by atoms with E-state index in [2.05, 4.69) is 11.1 Å². The second kappa shape index (κ2) is 3.88. The number of ketones is 1. The number of aryl methyl sites for hydroxylation is 2. The van der Waals surface area contributed by atoms with E-state index < -0.39 is 0 Å². The van der Waals surface area contributed by atoms with Crippen LogP contribution in [0.25, 0.3) is 10.2 Å². The highest BCUT2D eigenvalue weighted by Crippen LogP contribution is 2.33. The van der Waals surface area contributed by atoms with E-state index >= 15 is 0 Å². The minimum absolute atomic E-state index is 0.00787. The number of Topliss-reactive ketones (excluding diaryl/α,β-unsaturated/α-hetero) is 1. The molecule has 0 aliphatic carbocycles. The van der Waals surface area contributed by atoms with Crippen molar-refractivity contribution in [3.63, 3.8) is 0 Å². The lowest BCUT2D eigenvalue weighted by Crippen LogP contribution is -2.24. The van der Waals surface area contributed by atoms with Crippen molar-refractivity contribution in [1.82, 2.24) is 4.98 Å². The Morgan fingerprint density at radius 2 is 2.06 bits per heavy atom. The fraction of sp³-hybridized carbons (Fsp3) is 0.308. The molecule has 3 rings (SSSR count). The Bertz CT molecular complexity index is 675. The van der Waals surface area contributed by atoms with Crippen LogP contribution in [0.4, 0.5) is 5.13 Å². The van der Waals surface area contributed by atoms with Crippen molar-refractivity contribution < 1.29 is 9.59 Å². The SMILES string of the molecule is Cc1ccc2sc(N3CC(=O)CC3=O)nc2c1C. The topological polar surface area (TPSA) is 50.3 Å². The zero-order valence-electron chi connectivity index (χ0n) is 10.2. The minimum Gasteiger partial charge on any atom is -0.297 e. The van der Waals surface area contributed by atoms with Gasteiger partial charge in [0.2, 0.25) is 5.91 Å². The van der Waals surface area contributed by atoms with Gasteiger partial charge in [0.25, 0.3) is 0 Å². The lowest BCUT2D eigenvalue weighted by Gasteiger charge is -2.08. The fourth-order valence-electron chi connectivity index (χ4n) is 2.09. The van der Waals surface area contributed by atoms with Crippen molar-refractivity contribution in [2.75, 3.05) is 11.4 Å². The molecule has 2 aromatic rings. The molecule has 4 nitrogen and oxygen atoms in total. The van der Waals surface area contributed by atoms with E-state index in [9.17, 15) is 9.59 Å². The monoisotopic (exact) mass is 260 g/mol. The van der Waals surface area contributed by atoms with Crippen LogP contribution in [-0.4, -0.2) is 23.2 Å². The van der Waals surface area contributed by atoms with Crippen LogP contribution in [-0.2, 0) is 9.59 Å². The van der Waals surface area contributed by atoms with Crippen molar-refractivity contribution in [2.24, 2.45) is 0 Å². The zero-order chi connectivity index (χ0) is 12.9. The molecule has 1 aliphatic heterocycles. The molecular formula is C13H12N2O2S. The van der Waals surface area contributed by atoms with Crippen LogP contribution in [0, 0.1) is 13.8 Å². The molecule has 92 valence electrons. The third kappa shape index (κ3) is 1.62. The molecule has 0 bridgehead atoms. The number of nitrogens with zero attached hydrogens (tertiary/aromatic N) is 2. The van der Waals surface area contributed by atoms with E-state index in [4.69, 9.17) is 0 Å². The molecule has 0 unspecified atom stereocenters. The molecule has 1 aromatic heterocycles. The second-order valence-corrected chi connectivity index (χ2v) is 5.56. The van der Waals surface area contributed by atoms with Crippen molar-refractivity contribution in [1.29, 1.82) is 0 Å². The molecule has 1 amide bonds. The molecule has 5 heteroatoms. The number of anilines is 1. The molecule has 1 saturated heterocycles. The molecule has 1 aliphatic rings. The van der Waals surface area contributed by atoms with Crippen LogP contribution in [0.1, 0.15) is 17.5 Å². The molecule has 0 spiro atoms. The van der Waals surface area contributed by atoms with Gasteiger partial charge >= 0.3 is 0 Å². The van der Waals surface area contributed by atoms with Crippen LogP contribution >= 0.6 is 11.3 Å². The molecule has 1 fully saturated rings. The summed E-state index contributed by atoms with van der Waals surface area (Å²) in [7, 11) is 0. The van der Waals surface area contributed by atoms with E-state index in [1.165, 1.54) is 21.8 Å². The predicted molar refractivity (Wildman–Crippen MR) is 71.1 cm³/mol. The van der Waals surface area contributed by atoms with Gasteiger partial charge in [-0.1, -0.05) is 17.4 Å². The number of aromatic nitrogens is 1. The molecular weight excluding hydrogens is 248 g/mol. The first-order valence-electron chi connectivity index (χ1n) is 5.75. The first-order chi connectivity index (χ1) is 8.56. The van der Waals surface area contributed by atoms with Crippen molar-refractivity contribution in [3.8, 4) is 0 Å². The standard InChI is InChI=1S/C13H12N2O2S/c1-7-3-4-10-12(8(7)2)14-13(18-10)15-6-9(16)5-11(15)17/h3-4H,5-6H2,1-2H3. The Morgan fingerprint density at radius 3 is 2.72 bits per heavy atom. The molecule has 0 N–H and O–H groups in total. The molecule has 1 aromatic carbocycles. The van der Waals surface area contributed by atoms with Gasteiger partial charge in [0, 0.05) is 0 Å². The Balaban J connectivity index is 2.12. The lowest BCUT2D eigenvalue weighted by molar-refractivity contribution is -0.121. The van der Waals surface area contributed by atoms with Gasteiger partial charge in [-0.25, -0.2) is 4.98 Å². The number of rotatable bonds is 1. The quantitative estimate of drug-likeness (QED) is 0.739. The number of hydrogen-bond donors (Lipinski definition) is 0. The Hall–Kier alpha value is -1.75. The average molecular weight is 260 g/mol. The van der Waals surface area contributed by atoms with Gasteiger partial charge in [-0.15, -0.1) is 0 Å². The van der Waals surface area contributed by atoms with Crippen molar-refractivity contribution >= 4 is 38.4 Å². The molecule has 0 atom stereocenters. The summed E-state index contributed by atoms with van der Waals surface area (Å²) in [6, 6.07) is 4.07. The predicted octanol–water partition coefficient (Wildman–Crippen LogP) is 2.22. The fourth-order valence-corrected chi connectivity index (χ4v) is 3.13. The van der Waals surface area contributed by atoms with E-state index in [0.717, 1.165) is 15.8 Å². The average Bonchev–Trinajstić information content (AvgIpc) is 2.87. The highest BCUT2D eigenvalue weighted by atomic mass is 32.1. The number of carbonyl (C=O) groups excluding carboxylic acids is 2.